The summed E-state index contributed by atoms with van der Waals surface area (Å²) in [5, 5.41) is 3.72. The summed E-state index contributed by atoms with van der Waals surface area (Å²) < 4.78 is 5.51. The first-order chi connectivity index (χ1) is 9.23. The van der Waals surface area contributed by atoms with Gasteiger partial charge in [0.05, 0.1) is 0 Å². The standard InChI is InChI=1S/C18H37NO/c1-7-20-12-8-9-15-13-18(5,6)11-10-16(15)14-19-17(2,3)4/h15-16,19H,7-14H2,1-6H3. The number of ether oxygens (including phenoxy) is 1. The Hall–Kier alpha value is -0.0800. The third-order valence-electron chi connectivity index (χ3n) is 4.64. The van der Waals surface area contributed by atoms with Gasteiger partial charge in [-0.05, 0) is 83.6 Å². The summed E-state index contributed by atoms with van der Waals surface area (Å²) in [5.74, 6) is 1.72. The fourth-order valence-electron chi connectivity index (χ4n) is 3.43. The molecule has 1 aliphatic carbocycles. The maximum Gasteiger partial charge on any atom is 0.0465 e. The second-order valence-electron chi connectivity index (χ2n) is 8.40. The SMILES string of the molecule is CCOCCCC1CC(C)(C)CCC1CNC(C)(C)C. The Labute approximate surface area is 127 Å². The van der Waals surface area contributed by atoms with E-state index in [1.165, 1.54) is 38.6 Å². The second-order valence-corrected chi connectivity index (χ2v) is 8.40. The van der Waals surface area contributed by atoms with Gasteiger partial charge in [0.1, 0.15) is 0 Å². The summed E-state index contributed by atoms with van der Waals surface area (Å²) >= 11 is 0. The van der Waals surface area contributed by atoms with Gasteiger partial charge < -0.3 is 10.1 Å². The van der Waals surface area contributed by atoms with Crippen LogP contribution in [0.4, 0.5) is 0 Å². The molecule has 2 unspecified atom stereocenters. The highest BCUT2D eigenvalue weighted by Gasteiger charge is 2.34. The van der Waals surface area contributed by atoms with Gasteiger partial charge in [-0.25, -0.2) is 0 Å². The van der Waals surface area contributed by atoms with E-state index in [-0.39, 0.29) is 5.54 Å². The average molecular weight is 284 g/mol. The van der Waals surface area contributed by atoms with Gasteiger partial charge in [-0.3, -0.25) is 0 Å². The largest absolute Gasteiger partial charge is 0.382 e. The van der Waals surface area contributed by atoms with Gasteiger partial charge in [-0.15, -0.1) is 0 Å². The molecule has 1 rings (SSSR count). The molecule has 0 amide bonds. The van der Waals surface area contributed by atoms with Crippen molar-refractivity contribution in [3.8, 4) is 0 Å². The molecule has 2 nitrogen and oxygen atoms in total. The van der Waals surface area contributed by atoms with Crippen LogP contribution < -0.4 is 5.32 Å². The van der Waals surface area contributed by atoms with Crippen molar-refractivity contribution in [3.63, 3.8) is 0 Å². The van der Waals surface area contributed by atoms with Gasteiger partial charge in [-0.2, -0.15) is 0 Å². The molecule has 2 atom stereocenters. The van der Waals surface area contributed by atoms with E-state index in [4.69, 9.17) is 4.74 Å². The lowest BCUT2D eigenvalue weighted by Gasteiger charge is -2.42. The first kappa shape index (κ1) is 18.0. The number of hydrogen-bond donors (Lipinski definition) is 1. The quantitative estimate of drug-likeness (QED) is 0.688. The molecule has 0 spiro atoms. The maximum absolute atomic E-state index is 5.51. The third-order valence-corrected chi connectivity index (χ3v) is 4.64. The Kier molecular flexibility index (Phi) is 7.00. The van der Waals surface area contributed by atoms with E-state index < -0.39 is 0 Å². The van der Waals surface area contributed by atoms with Crippen molar-refractivity contribution in [3.05, 3.63) is 0 Å². The Morgan fingerprint density at radius 2 is 1.90 bits per heavy atom. The highest BCUT2D eigenvalue weighted by molar-refractivity contribution is 4.87. The van der Waals surface area contributed by atoms with Crippen LogP contribution in [0.3, 0.4) is 0 Å². The first-order valence-electron chi connectivity index (χ1n) is 8.56. The predicted molar refractivity (Wildman–Crippen MR) is 88.1 cm³/mol. The Balaban J connectivity index is 2.47. The third kappa shape index (κ3) is 7.08. The molecule has 20 heavy (non-hydrogen) atoms. The zero-order valence-electron chi connectivity index (χ0n) is 14.7. The average Bonchev–Trinajstić information content (AvgIpc) is 2.31. The second kappa shape index (κ2) is 7.79. The van der Waals surface area contributed by atoms with E-state index >= 15 is 0 Å². The Morgan fingerprint density at radius 1 is 1.20 bits per heavy atom. The van der Waals surface area contributed by atoms with Crippen molar-refractivity contribution in [1.29, 1.82) is 0 Å². The summed E-state index contributed by atoms with van der Waals surface area (Å²) in [6.07, 6.45) is 6.71. The molecule has 1 saturated carbocycles. The number of hydrogen-bond acceptors (Lipinski definition) is 2. The minimum absolute atomic E-state index is 0.239. The first-order valence-corrected chi connectivity index (χ1v) is 8.56. The van der Waals surface area contributed by atoms with Gasteiger partial charge in [0.2, 0.25) is 0 Å². The topological polar surface area (TPSA) is 21.3 Å². The van der Waals surface area contributed by atoms with Gasteiger partial charge in [0, 0.05) is 18.8 Å². The number of rotatable bonds is 7. The fraction of sp³-hybridized carbons (Fsp3) is 1.00. The van der Waals surface area contributed by atoms with E-state index in [2.05, 4.69) is 46.9 Å². The molecular formula is C18H37NO. The molecule has 0 bridgehead atoms. The van der Waals surface area contributed by atoms with E-state index in [1.807, 2.05) is 0 Å². The Bertz CT molecular complexity index is 267. The van der Waals surface area contributed by atoms with Crippen molar-refractivity contribution in [2.45, 2.75) is 79.2 Å². The minimum atomic E-state index is 0.239. The van der Waals surface area contributed by atoms with Gasteiger partial charge >= 0.3 is 0 Å². The molecular weight excluding hydrogens is 246 g/mol. The lowest BCUT2D eigenvalue weighted by Crippen LogP contribution is -2.43. The van der Waals surface area contributed by atoms with Crippen LogP contribution in [0.25, 0.3) is 0 Å². The molecule has 1 aliphatic rings. The highest BCUT2D eigenvalue weighted by Crippen LogP contribution is 2.43. The van der Waals surface area contributed by atoms with Crippen molar-refractivity contribution >= 4 is 0 Å². The molecule has 2 heteroatoms. The summed E-state index contributed by atoms with van der Waals surface area (Å²) in [5.41, 5.74) is 0.775. The summed E-state index contributed by atoms with van der Waals surface area (Å²) in [6, 6.07) is 0. The number of nitrogens with one attached hydrogen (secondary N) is 1. The molecule has 0 aliphatic heterocycles. The highest BCUT2D eigenvalue weighted by atomic mass is 16.5. The fourth-order valence-corrected chi connectivity index (χ4v) is 3.43. The van der Waals surface area contributed by atoms with Crippen LogP contribution in [0.15, 0.2) is 0 Å². The van der Waals surface area contributed by atoms with E-state index in [0.717, 1.165) is 25.0 Å². The molecule has 0 heterocycles. The van der Waals surface area contributed by atoms with Crippen LogP contribution in [0.1, 0.15) is 73.6 Å². The van der Waals surface area contributed by atoms with Crippen molar-refractivity contribution in [2.75, 3.05) is 19.8 Å². The van der Waals surface area contributed by atoms with Crippen LogP contribution in [-0.4, -0.2) is 25.3 Å². The molecule has 0 saturated heterocycles. The summed E-state index contributed by atoms with van der Waals surface area (Å²) in [7, 11) is 0. The minimum Gasteiger partial charge on any atom is -0.382 e. The monoisotopic (exact) mass is 283 g/mol. The molecule has 1 N–H and O–H groups in total. The van der Waals surface area contributed by atoms with Gasteiger partial charge in [0.25, 0.3) is 0 Å². The smallest absolute Gasteiger partial charge is 0.0465 e. The lowest BCUT2D eigenvalue weighted by atomic mass is 9.66. The molecule has 0 radical (unpaired) electrons. The van der Waals surface area contributed by atoms with E-state index in [9.17, 15) is 0 Å². The molecule has 0 aromatic heterocycles. The summed E-state index contributed by atoms with van der Waals surface area (Å²) in [4.78, 5) is 0. The molecule has 120 valence electrons. The van der Waals surface area contributed by atoms with Gasteiger partial charge in [-0.1, -0.05) is 13.8 Å². The van der Waals surface area contributed by atoms with Crippen molar-refractivity contribution < 1.29 is 4.74 Å². The van der Waals surface area contributed by atoms with E-state index in [0.29, 0.717) is 5.41 Å². The lowest BCUT2D eigenvalue weighted by molar-refractivity contribution is 0.0878. The zero-order valence-corrected chi connectivity index (χ0v) is 14.7. The van der Waals surface area contributed by atoms with Crippen LogP contribution in [0.2, 0.25) is 0 Å². The normalized spacial score (nSPS) is 26.7. The van der Waals surface area contributed by atoms with Gasteiger partial charge in [0.15, 0.2) is 0 Å². The van der Waals surface area contributed by atoms with Crippen LogP contribution in [-0.2, 0) is 4.74 Å². The molecule has 0 aromatic rings. The van der Waals surface area contributed by atoms with Crippen molar-refractivity contribution in [1.82, 2.24) is 5.32 Å². The molecule has 0 aromatic carbocycles. The zero-order chi connectivity index (χ0) is 15.2. The Morgan fingerprint density at radius 3 is 2.50 bits per heavy atom. The molecule has 1 fully saturated rings. The van der Waals surface area contributed by atoms with Crippen molar-refractivity contribution in [2.24, 2.45) is 17.3 Å². The van der Waals surface area contributed by atoms with Crippen LogP contribution in [0.5, 0.6) is 0 Å². The van der Waals surface area contributed by atoms with Crippen LogP contribution in [0, 0.1) is 17.3 Å². The van der Waals surface area contributed by atoms with Crippen LogP contribution >= 0.6 is 0 Å². The maximum atomic E-state index is 5.51. The predicted octanol–water partition coefficient (Wildman–Crippen LogP) is 4.63. The van der Waals surface area contributed by atoms with E-state index in [1.54, 1.807) is 0 Å². The summed E-state index contributed by atoms with van der Waals surface area (Å²) in [6.45, 7) is 16.7.